The summed E-state index contributed by atoms with van der Waals surface area (Å²) in [4.78, 5) is 8.85. The maximum atomic E-state index is 5.59. The lowest BCUT2D eigenvalue weighted by Crippen LogP contribution is -1.95. The van der Waals surface area contributed by atoms with Crippen LogP contribution in [0.15, 0.2) is 42.9 Å². The smallest absolute Gasteiger partial charge is 0.140 e. The Labute approximate surface area is 110 Å². The molecule has 0 spiro atoms. The Kier molecular flexibility index (Phi) is 2.89. The summed E-state index contributed by atoms with van der Waals surface area (Å²) in [6, 6.07) is 9.73. The van der Waals surface area contributed by atoms with Crippen LogP contribution >= 0.6 is 0 Å². The first-order valence-corrected chi connectivity index (χ1v) is 5.98. The van der Waals surface area contributed by atoms with Crippen LogP contribution in [0.5, 0.6) is 5.75 Å². The highest BCUT2D eigenvalue weighted by molar-refractivity contribution is 5.64. The Hall–Kier alpha value is -2.40. The lowest BCUT2D eigenvalue weighted by molar-refractivity contribution is 0.415. The normalized spacial score (nSPS) is 10.8. The van der Waals surface area contributed by atoms with Crippen LogP contribution in [-0.4, -0.2) is 21.5 Å². The van der Waals surface area contributed by atoms with Crippen LogP contribution in [0, 0.1) is 0 Å². The van der Waals surface area contributed by atoms with Crippen LogP contribution < -0.4 is 10.5 Å². The van der Waals surface area contributed by atoms with Gasteiger partial charge in [-0.2, -0.15) is 0 Å². The van der Waals surface area contributed by atoms with E-state index in [0.29, 0.717) is 6.54 Å². The molecule has 0 unspecified atom stereocenters. The van der Waals surface area contributed by atoms with Crippen molar-refractivity contribution < 1.29 is 4.74 Å². The highest BCUT2D eigenvalue weighted by Gasteiger charge is 2.05. The van der Waals surface area contributed by atoms with Crippen LogP contribution in [0.2, 0.25) is 0 Å². The minimum absolute atomic E-state index is 0.427. The van der Waals surface area contributed by atoms with Gasteiger partial charge in [-0.25, -0.2) is 9.97 Å². The van der Waals surface area contributed by atoms with Crippen molar-refractivity contribution in [2.45, 2.75) is 6.54 Å². The van der Waals surface area contributed by atoms with E-state index in [9.17, 15) is 0 Å². The second-order valence-corrected chi connectivity index (χ2v) is 4.21. The first-order chi connectivity index (χ1) is 9.30. The molecule has 2 heterocycles. The monoisotopic (exact) mass is 254 g/mol. The Balaban J connectivity index is 2.08. The van der Waals surface area contributed by atoms with E-state index in [1.807, 2.05) is 40.9 Å². The van der Waals surface area contributed by atoms with Gasteiger partial charge < -0.3 is 10.5 Å². The number of ether oxygens (including phenoxy) is 1. The van der Waals surface area contributed by atoms with Crippen molar-refractivity contribution in [2.75, 3.05) is 7.11 Å². The van der Waals surface area contributed by atoms with Gasteiger partial charge in [-0.1, -0.05) is 12.1 Å². The maximum absolute atomic E-state index is 5.59. The predicted molar refractivity (Wildman–Crippen MR) is 72.9 cm³/mol. The van der Waals surface area contributed by atoms with E-state index in [0.717, 1.165) is 28.3 Å². The molecule has 5 heteroatoms. The van der Waals surface area contributed by atoms with Gasteiger partial charge in [0.1, 0.15) is 17.7 Å². The molecule has 0 aliphatic rings. The van der Waals surface area contributed by atoms with Crippen LogP contribution in [0.3, 0.4) is 0 Å². The number of nitrogens with zero attached hydrogens (tertiary/aromatic N) is 3. The molecule has 19 heavy (non-hydrogen) atoms. The number of nitrogens with two attached hydrogens (primary N) is 1. The van der Waals surface area contributed by atoms with Gasteiger partial charge in [0.25, 0.3) is 0 Å². The van der Waals surface area contributed by atoms with Crippen molar-refractivity contribution in [3.63, 3.8) is 0 Å². The van der Waals surface area contributed by atoms with Crippen molar-refractivity contribution in [2.24, 2.45) is 5.73 Å². The highest BCUT2D eigenvalue weighted by Crippen LogP contribution is 2.22. The number of methoxy groups -OCH3 is 1. The molecule has 0 aliphatic heterocycles. The number of benzene rings is 1. The van der Waals surface area contributed by atoms with Gasteiger partial charge in [0.05, 0.1) is 18.5 Å². The summed E-state index contributed by atoms with van der Waals surface area (Å²) in [7, 11) is 1.65. The zero-order valence-electron chi connectivity index (χ0n) is 10.6. The largest absolute Gasteiger partial charge is 0.497 e. The molecule has 2 aromatic heterocycles. The Morgan fingerprint density at radius 3 is 3.00 bits per heavy atom. The van der Waals surface area contributed by atoms with Gasteiger partial charge in [0.15, 0.2) is 0 Å². The zero-order valence-corrected chi connectivity index (χ0v) is 10.6. The summed E-state index contributed by atoms with van der Waals surface area (Å²) in [6.07, 6.45) is 3.63. The molecule has 0 bridgehead atoms. The molecular weight excluding hydrogens is 240 g/mol. The average Bonchev–Trinajstić information content (AvgIpc) is 2.89. The Bertz CT molecular complexity index is 720. The fourth-order valence-corrected chi connectivity index (χ4v) is 1.98. The van der Waals surface area contributed by atoms with Crippen molar-refractivity contribution in [3.8, 4) is 17.0 Å². The molecule has 0 saturated carbocycles. The molecule has 0 fully saturated rings. The third kappa shape index (κ3) is 2.15. The van der Waals surface area contributed by atoms with Crippen LogP contribution in [0.25, 0.3) is 16.9 Å². The molecule has 0 aliphatic carbocycles. The van der Waals surface area contributed by atoms with Crippen LogP contribution in [0.4, 0.5) is 0 Å². The number of imidazole rings is 1. The SMILES string of the molecule is COc1cccc(-c2cc3nc(CN)cn3cn2)c1. The van der Waals surface area contributed by atoms with Gasteiger partial charge in [0.2, 0.25) is 0 Å². The van der Waals surface area contributed by atoms with Gasteiger partial charge >= 0.3 is 0 Å². The summed E-state index contributed by atoms with van der Waals surface area (Å²) in [5, 5.41) is 0. The summed E-state index contributed by atoms with van der Waals surface area (Å²) in [5.41, 5.74) is 9.14. The van der Waals surface area contributed by atoms with E-state index in [-0.39, 0.29) is 0 Å². The van der Waals surface area contributed by atoms with Crippen molar-refractivity contribution in [1.82, 2.24) is 14.4 Å². The summed E-state index contributed by atoms with van der Waals surface area (Å²) in [5.74, 6) is 0.810. The fourth-order valence-electron chi connectivity index (χ4n) is 1.98. The number of rotatable bonds is 3. The molecule has 0 amide bonds. The zero-order chi connectivity index (χ0) is 13.2. The van der Waals surface area contributed by atoms with E-state index >= 15 is 0 Å². The number of fused-ring (bicyclic) bond motifs is 1. The van der Waals surface area contributed by atoms with Crippen molar-refractivity contribution in [1.29, 1.82) is 0 Å². The third-order valence-corrected chi connectivity index (χ3v) is 2.97. The third-order valence-electron chi connectivity index (χ3n) is 2.97. The van der Waals surface area contributed by atoms with E-state index in [1.165, 1.54) is 0 Å². The lowest BCUT2D eigenvalue weighted by Gasteiger charge is -2.04. The highest BCUT2D eigenvalue weighted by atomic mass is 16.5. The number of hydrogen-bond acceptors (Lipinski definition) is 4. The van der Waals surface area contributed by atoms with Gasteiger partial charge in [-0.05, 0) is 12.1 Å². The molecule has 96 valence electrons. The van der Waals surface area contributed by atoms with Crippen LogP contribution in [0.1, 0.15) is 5.69 Å². The van der Waals surface area contributed by atoms with E-state index in [4.69, 9.17) is 10.5 Å². The van der Waals surface area contributed by atoms with Crippen molar-refractivity contribution >= 4 is 5.65 Å². The molecule has 1 aromatic carbocycles. The minimum atomic E-state index is 0.427. The molecule has 3 rings (SSSR count). The number of hydrogen-bond donors (Lipinski definition) is 1. The molecule has 0 saturated heterocycles. The molecular formula is C14H14N4O. The molecule has 3 aromatic rings. The predicted octanol–water partition coefficient (Wildman–Crippen LogP) is 1.86. The Morgan fingerprint density at radius 2 is 2.21 bits per heavy atom. The quantitative estimate of drug-likeness (QED) is 0.774. The Morgan fingerprint density at radius 1 is 1.32 bits per heavy atom. The topological polar surface area (TPSA) is 65.4 Å². The first kappa shape index (κ1) is 11.7. The second-order valence-electron chi connectivity index (χ2n) is 4.21. The average molecular weight is 254 g/mol. The summed E-state index contributed by atoms with van der Waals surface area (Å²) in [6.45, 7) is 0.427. The number of aromatic nitrogens is 3. The molecule has 5 nitrogen and oxygen atoms in total. The molecule has 0 atom stereocenters. The maximum Gasteiger partial charge on any atom is 0.140 e. The van der Waals surface area contributed by atoms with Crippen molar-refractivity contribution in [3.05, 3.63) is 48.5 Å². The van der Waals surface area contributed by atoms with Gasteiger partial charge in [-0.3, -0.25) is 4.40 Å². The molecule has 2 N–H and O–H groups in total. The van der Waals surface area contributed by atoms with Crippen LogP contribution in [-0.2, 0) is 6.54 Å². The standard InChI is InChI=1S/C14H14N4O/c1-19-12-4-2-3-10(5-12)13-6-14-17-11(7-15)8-18(14)9-16-13/h2-6,8-9H,7,15H2,1H3. The lowest BCUT2D eigenvalue weighted by atomic mass is 10.1. The first-order valence-electron chi connectivity index (χ1n) is 5.98. The fraction of sp³-hybridized carbons (Fsp3) is 0.143. The summed E-state index contributed by atoms with van der Waals surface area (Å²) >= 11 is 0. The molecule has 0 radical (unpaired) electrons. The summed E-state index contributed by atoms with van der Waals surface area (Å²) < 4.78 is 7.09. The van der Waals surface area contributed by atoms with E-state index < -0.39 is 0 Å². The van der Waals surface area contributed by atoms with E-state index in [1.54, 1.807) is 13.4 Å². The minimum Gasteiger partial charge on any atom is -0.497 e. The van der Waals surface area contributed by atoms with Gasteiger partial charge in [0, 0.05) is 24.4 Å². The van der Waals surface area contributed by atoms with Gasteiger partial charge in [-0.15, -0.1) is 0 Å². The second kappa shape index (κ2) is 4.70. The van der Waals surface area contributed by atoms with E-state index in [2.05, 4.69) is 9.97 Å².